The van der Waals surface area contributed by atoms with Crippen LogP contribution in [-0.4, -0.2) is 55.7 Å². The van der Waals surface area contributed by atoms with Gasteiger partial charge in [-0.1, -0.05) is 12.1 Å². The number of anilines is 1. The fraction of sp³-hybridized carbons (Fsp3) is 0.458. The molecule has 2 aromatic rings. The van der Waals surface area contributed by atoms with Crippen LogP contribution in [-0.2, 0) is 20.9 Å². The molecule has 2 heterocycles. The van der Waals surface area contributed by atoms with E-state index in [0.29, 0.717) is 11.4 Å². The van der Waals surface area contributed by atoms with Crippen molar-refractivity contribution in [2.45, 2.75) is 39.2 Å². The number of thiophene rings is 1. The number of carbonyl (C=O) groups excluding carboxylic acids is 3. The summed E-state index contributed by atoms with van der Waals surface area (Å²) >= 11 is 1.45. The van der Waals surface area contributed by atoms with Gasteiger partial charge in [0.25, 0.3) is 0 Å². The van der Waals surface area contributed by atoms with E-state index in [-0.39, 0.29) is 43.2 Å². The molecule has 166 valence electrons. The van der Waals surface area contributed by atoms with Gasteiger partial charge in [0.2, 0.25) is 5.91 Å². The molecule has 31 heavy (non-hydrogen) atoms. The first-order valence-corrected chi connectivity index (χ1v) is 11.5. The first-order valence-electron chi connectivity index (χ1n) is 10.7. The van der Waals surface area contributed by atoms with E-state index >= 15 is 0 Å². The number of hydrogen-bond acceptors (Lipinski definition) is 6. The minimum Gasteiger partial charge on any atom is -0.378 e. The number of nitrogens with zero attached hydrogens (tertiary/aromatic N) is 2. The summed E-state index contributed by atoms with van der Waals surface area (Å²) in [6.07, 6.45) is 0.747. The van der Waals surface area contributed by atoms with Gasteiger partial charge in [-0.2, -0.15) is 0 Å². The molecule has 1 aliphatic heterocycles. The molecule has 1 aromatic heterocycles. The molecule has 7 heteroatoms. The first-order chi connectivity index (χ1) is 14.9. The Hall–Kier alpha value is -2.51. The normalized spacial score (nSPS) is 13.8. The van der Waals surface area contributed by atoms with Crippen LogP contribution < -0.4 is 4.90 Å². The summed E-state index contributed by atoms with van der Waals surface area (Å²) < 4.78 is 5.39. The van der Waals surface area contributed by atoms with Gasteiger partial charge in [-0.15, -0.1) is 11.3 Å². The second-order valence-corrected chi connectivity index (χ2v) is 9.18. The second kappa shape index (κ2) is 11.2. The van der Waals surface area contributed by atoms with Crippen molar-refractivity contribution in [3.05, 3.63) is 51.7 Å². The predicted octanol–water partition coefficient (Wildman–Crippen LogP) is 3.86. The predicted molar refractivity (Wildman–Crippen MR) is 123 cm³/mol. The molecule has 1 saturated heterocycles. The number of ether oxygens (including phenoxy) is 1. The summed E-state index contributed by atoms with van der Waals surface area (Å²) in [4.78, 5) is 42.4. The van der Waals surface area contributed by atoms with Crippen molar-refractivity contribution in [1.82, 2.24) is 4.90 Å². The van der Waals surface area contributed by atoms with E-state index < -0.39 is 0 Å². The summed E-state index contributed by atoms with van der Waals surface area (Å²) in [5.74, 6) is -0.112. The van der Waals surface area contributed by atoms with Gasteiger partial charge in [0.15, 0.2) is 5.78 Å². The van der Waals surface area contributed by atoms with Gasteiger partial charge in [0.05, 0.1) is 18.1 Å². The number of carbonyl (C=O) groups is 3. The smallest absolute Gasteiger partial charge is 0.223 e. The lowest BCUT2D eigenvalue weighted by atomic mass is 10.1. The Morgan fingerprint density at radius 3 is 2.29 bits per heavy atom. The molecule has 1 aromatic carbocycles. The van der Waals surface area contributed by atoms with E-state index in [1.165, 1.54) is 17.0 Å². The van der Waals surface area contributed by atoms with E-state index in [2.05, 4.69) is 17.0 Å². The zero-order valence-electron chi connectivity index (χ0n) is 18.3. The van der Waals surface area contributed by atoms with Crippen LogP contribution in [0.25, 0.3) is 0 Å². The van der Waals surface area contributed by atoms with Crippen molar-refractivity contribution in [2.75, 3.05) is 38.3 Å². The number of rotatable bonds is 10. The zero-order chi connectivity index (χ0) is 22.2. The third kappa shape index (κ3) is 7.01. The monoisotopic (exact) mass is 442 g/mol. The molecule has 0 aliphatic carbocycles. The summed E-state index contributed by atoms with van der Waals surface area (Å²) in [7, 11) is 1.76. The van der Waals surface area contributed by atoms with Crippen LogP contribution in [0.3, 0.4) is 0 Å². The van der Waals surface area contributed by atoms with Gasteiger partial charge in [0, 0.05) is 62.9 Å². The van der Waals surface area contributed by atoms with Crippen molar-refractivity contribution in [2.24, 2.45) is 0 Å². The van der Waals surface area contributed by atoms with E-state index in [4.69, 9.17) is 4.74 Å². The molecule has 1 fully saturated rings. The Bertz CT molecular complexity index is 901. The van der Waals surface area contributed by atoms with Crippen LogP contribution in [0.15, 0.2) is 36.4 Å². The number of aryl methyl sites for hydroxylation is 1. The molecule has 0 spiro atoms. The molecule has 0 radical (unpaired) electrons. The van der Waals surface area contributed by atoms with Gasteiger partial charge in [0.1, 0.15) is 5.78 Å². The third-order valence-electron chi connectivity index (χ3n) is 5.42. The Balaban J connectivity index is 1.38. The largest absolute Gasteiger partial charge is 0.378 e. The van der Waals surface area contributed by atoms with Crippen molar-refractivity contribution >= 4 is 34.5 Å². The molecule has 3 rings (SSSR count). The Kier molecular flexibility index (Phi) is 8.37. The van der Waals surface area contributed by atoms with Crippen molar-refractivity contribution in [3.63, 3.8) is 0 Å². The number of hydrogen-bond donors (Lipinski definition) is 0. The maximum absolute atomic E-state index is 12.4. The molecule has 6 nitrogen and oxygen atoms in total. The molecule has 0 bridgehead atoms. The maximum atomic E-state index is 12.4. The summed E-state index contributed by atoms with van der Waals surface area (Å²) in [5, 5.41) is 0. The lowest BCUT2D eigenvalue weighted by Crippen LogP contribution is -2.36. The van der Waals surface area contributed by atoms with Gasteiger partial charge < -0.3 is 14.5 Å². The molecule has 0 unspecified atom stereocenters. The summed E-state index contributed by atoms with van der Waals surface area (Å²) in [6.45, 7) is 5.74. The lowest BCUT2D eigenvalue weighted by molar-refractivity contribution is -0.132. The number of Topliss-reactive ketones (excluding diaryl/α,β-unsaturated/α-hetero) is 2. The van der Waals surface area contributed by atoms with Gasteiger partial charge >= 0.3 is 0 Å². The minimum atomic E-state index is -0.0641. The van der Waals surface area contributed by atoms with Crippen LogP contribution in [0.1, 0.15) is 45.8 Å². The van der Waals surface area contributed by atoms with Gasteiger partial charge in [-0.05, 0) is 36.8 Å². The molecule has 0 N–H and O–H groups in total. The van der Waals surface area contributed by atoms with Crippen LogP contribution in [0, 0.1) is 6.92 Å². The van der Waals surface area contributed by atoms with E-state index in [9.17, 15) is 14.4 Å². The van der Waals surface area contributed by atoms with Crippen LogP contribution in [0.5, 0.6) is 0 Å². The Labute approximate surface area is 187 Å². The molecular weight excluding hydrogens is 412 g/mol. The van der Waals surface area contributed by atoms with Gasteiger partial charge in [-0.3, -0.25) is 14.4 Å². The van der Waals surface area contributed by atoms with Crippen LogP contribution in [0.2, 0.25) is 0 Å². The summed E-state index contributed by atoms with van der Waals surface area (Å²) in [6, 6.07) is 11.9. The van der Waals surface area contributed by atoms with Crippen molar-refractivity contribution < 1.29 is 19.1 Å². The lowest BCUT2D eigenvalue weighted by Gasteiger charge is -2.29. The molecule has 1 amide bonds. The highest BCUT2D eigenvalue weighted by Gasteiger charge is 2.15. The Morgan fingerprint density at radius 2 is 1.65 bits per heavy atom. The molecule has 0 saturated carbocycles. The van der Waals surface area contributed by atoms with Crippen molar-refractivity contribution in [3.8, 4) is 0 Å². The zero-order valence-corrected chi connectivity index (χ0v) is 19.1. The Morgan fingerprint density at radius 1 is 0.968 bits per heavy atom. The molecule has 1 aliphatic rings. The summed E-state index contributed by atoms with van der Waals surface area (Å²) in [5.41, 5.74) is 2.22. The minimum absolute atomic E-state index is 0.00424. The van der Waals surface area contributed by atoms with E-state index in [0.717, 1.165) is 36.7 Å². The second-order valence-electron chi connectivity index (χ2n) is 7.89. The highest BCUT2D eigenvalue weighted by molar-refractivity contribution is 7.14. The SMILES string of the molecule is Cc1ccc(C(=O)CCC(=O)CCC(=O)N(C)Cc2ccc(N3CCOCC3)cc2)s1. The fourth-order valence-corrected chi connectivity index (χ4v) is 4.35. The standard InChI is InChI=1S/C24H30N2O4S/c1-18-3-11-23(31-18)22(28)10-8-21(27)9-12-24(29)25(2)17-19-4-6-20(7-5-19)26-13-15-30-16-14-26/h3-7,11H,8-10,12-17H2,1-2H3. The van der Waals surface area contributed by atoms with Gasteiger partial charge in [-0.25, -0.2) is 0 Å². The van der Waals surface area contributed by atoms with Crippen LogP contribution >= 0.6 is 11.3 Å². The highest BCUT2D eigenvalue weighted by atomic mass is 32.1. The number of amides is 1. The third-order valence-corrected chi connectivity index (χ3v) is 6.46. The van der Waals surface area contributed by atoms with E-state index in [1.807, 2.05) is 25.1 Å². The highest BCUT2D eigenvalue weighted by Crippen LogP contribution is 2.19. The number of ketones is 2. The van der Waals surface area contributed by atoms with Crippen molar-refractivity contribution in [1.29, 1.82) is 0 Å². The average Bonchev–Trinajstić information content (AvgIpc) is 3.23. The molecule has 0 atom stereocenters. The van der Waals surface area contributed by atoms with Crippen LogP contribution in [0.4, 0.5) is 5.69 Å². The quantitative estimate of drug-likeness (QED) is 0.523. The topological polar surface area (TPSA) is 66.9 Å². The molecular formula is C24H30N2O4S. The number of morpholine rings is 1. The maximum Gasteiger partial charge on any atom is 0.223 e. The number of benzene rings is 1. The first kappa shape index (κ1) is 23.2. The van der Waals surface area contributed by atoms with E-state index in [1.54, 1.807) is 18.0 Å². The fourth-order valence-electron chi connectivity index (χ4n) is 3.52. The average molecular weight is 443 g/mol.